The van der Waals surface area contributed by atoms with Crippen molar-refractivity contribution in [2.24, 2.45) is 17.3 Å². The third-order valence-electron chi connectivity index (χ3n) is 5.13. The number of hydrogen-bond acceptors (Lipinski definition) is 4. The molecule has 21 heavy (non-hydrogen) atoms. The lowest BCUT2D eigenvalue weighted by Crippen LogP contribution is -2.45. The van der Waals surface area contributed by atoms with Crippen LogP contribution in [0.15, 0.2) is 0 Å². The molecule has 0 radical (unpaired) electrons. The molecule has 3 saturated heterocycles. The number of carbonyl (C=O) groups excluding carboxylic acids is 2. The maximum absolute atomic E-state index is 12.6. The summed E-state index contributed by atoms with van der Waals surface area (Å²) in [5, 5.41) is 9.59. The predicted octanol–water partition coefficient (Wildman–Crippen LogP) is -0.586. The van der Waals surface area contributed by atoms with Gasteiger partial charge in [-0.15, -0.1) is 0 Å². The molecule has 0 bridgehead atoms. The lowest BCUT2D eigenvalue weighted by Gasteiger charge is -2.33. The molecule has 7 heteroatoms. The Bertz CT molecular complexity index is 494. The summed E-state index contributed by atoms with van der Waals surface area (Å²) in [5.74, 6) is -1.45. The van der Waals surface area contributed by atoms with Crippen LogP contribution in [0.25, 0.3) is 0 Å². The zero-order chi connectivity index (χ0) is 15.2. The van der Waals surface area contributed by atoms with Gasteiger partial charge in [0.05, 0.1) is 17.9 Å². The van der Waals surface area contributed by atoms with Gasteiger partial charge in [-0.2, -0.15) is 0 Å². The smallest absolute Gasteiger partial charge is 0.311 e. The number of amides is 2. The van der Waals surface area contributed by atoms with E-state index in [4.69, 9.17) is 4.74 Å². The van der Waals surface area contributed by atoms with Crippen molar-refractivity contribution < 1.29 is 24.2 Å². The molecule has 1 unspecified atom stereocenters. The zero-order valence-electron chi connectivity index (χ0n) is 12.1. The Hall–Kier alpha value is -1.63. The summed E-state index contributed by atoms with van der Waals surface area (Å²) in [7, 11) is 1.69. The molecule has 1 N–H and O–H groups in total. The molecule has 0 spiro atoms. The second kappa shape index (κ2) is 4.98. The van der Waals surface area contributed by atoms with Gasteiger partial charge in [0.15, 0.2) is 0 Å². The number of carboxylic acids is 1. The third kappa shape index (κ3) is 2.19. The molecule has 0 saturated carbocycles. The first kappa shape index (κ1) is 14.3. The summed E-state index contributed by atoms with van der Waals surface area (Å²) in [4.78, 5) is 39.0. The van der Waals surface area contributed by atoms with E-state index in [1.54, 1.807) is 16.8 Å². The fourth-order valence-electron chi connectivity index (χ4n) is 3.75. The van der Waals surface area contributed by atoms with Crippen molar-refractivity contribution >= 4 is 17.8 Å². The number of aliphatic carboxylic acids is 1. The fourth-order valence-corrected chi connectivity index (χ4v) is 3.75. The maximum atomic E-state index is 12.6. The van der Waals surface area contributed by atoms with E-state index in [2.05, 4.69) is 0 Å². The van der Waals surface area contributed by atoms with Gasteiger partial charge in [-0.3, -0.25) is 14.4 Å². The molecule has 0 aromatic heterocycles. The van der Waals surface area contributed by atoms with Crippen molar-refractivity contribution in [3.63, 3.8) is 0 Å². The summed E-state index contributed by atoms with van der Waals surface area (Å²) in [6, 6.07) is 0. The normalized spacial score (nSPS) is 36.0. The molecule has 2 amide bonds. The minimum atomic E-state index is -0.873. The lowest BCUT2D eigenvalue weighted by molar-refractivity contribution is -0.157. The molecule has 3 heterocycles. The van der Waals surface area contributed by atoms with Crippen LogP contribution in [0.1, 0.15) is 12.8 Å². The van der Waals surface area contributed by atoms with Crippen molar-refractivity contribution in [1.82, 2.24) is 9.80 Å². The van der Waals surface area contributed by atoms with Crippen LogP contribution in [0.2, 0.25) is 0 Å². The number of rotatable bonds is 2. The topological polar surface area (TPSA) is 87.2 Å². The predicted molar refractivity (Wildman–Crippen MR) is 71.3 cm³/mol. The molecule has 3 aliphatic heterocycles. The number of likely N-dealkylation sites (tertiary alicyclic amines) is 2. The SMILES string of the molecule is CN1CC(C(=O)N2C[C@H]3COCC[C@@]3(C(=O)O)C2)CC1=O. The van der Waals surface area contributed by atoms with Gasteiger partial charge in [-0.05, 0) is 6.42 Å². The molecule has 7 nitrogen and oxygen atoms in total. The van der Waals surface area contributed by atoms with Crippen molar-refractivity contribution in [3.8, 4) is 0 Å². The van der Waals surface area contributed by atoms with Crippen LogP contribution >= 0.6 is 0 Å². The molecular weight excluding hydrogens is 276 g/mol. The largest absolute Gasteiger partial charge is 0.481 e. The molecule has 3 fully saturated rings. The van der Waals surface area contributed by atoms with Gasteiger partial charge in [0, 0.05) is 45.6 Å². The van der Waals surface area contributed by atoms with Crippen LogP contribution in [-0.2, 0) is 19.1 Å². The van der Waals surface area contributed by atoms with E-state index in [9.17, 15) is 19.5 Å². The highest BCUT2D eigenvalue weighted by Crippen LogP contribution is 2.43. The Morgan fingerprint density at radius 2 is 2.14 bits per heavy atom. The van der Waals surface area contributed by atoms with Crippen LogP contribution in [0.4, 0.5) is 0 Å². The summed E-state index contributed by atoms with van der Waals surface area (Å²) in [6.07, 6.45) is 0.674. The Labute approximate surface area is 122 Å². The average molecular weight is 296 g/mol. The van der Waals surface area contributed by atoms with Crippen molar-refractivity contribution in [3.05, 3.63) is 0 Å². The van der Waals surface area contributed by atoms with Crippen LogP contribution in [-0.4, -0.2) is 72.6 Å². The van der Waals surface area contributed by atoms with E-state index in [-0.39, 0.29) is 36.6 Å². The Kier molecular flexibility index (Phi) is 3.39. The van der Waals surface area contributed by atoms with E-state index in [1.165, 1.54) is 0 Å². The van der Waals surface area contributed by atoms with Crippen molar-refractivity contribution in [2.45, 2.75) is 12.8 Å². The van der Waals surface area contributed by atoms with Crippen LogP contribution in [0.3, 0.4) is 0 Å². The van der Waals surface area contributed by atoms with Gasteiger partial charge >= 0.3 is 5.97 Å². The van der Waals surface area contributed by atoms with E-state index in [0.29, 0.717) is 32.7 Å². The molecule has 0 aromatic rings. The number of fused-ring (bicyclic) bond motifs is 1. The van der Waals surface area contributed by atoms with Gasteiger partial charge in [0.25, 0.3) is 0 Å². The van der Waals surface area contributed by atoms with Gasteiger partial charge in [0.2, 0.25) is 11.8 Å². The van der Waals surface area contributed by atoms with E-state index < -0.39 is 11.4 Å². The van der Waals surface area contributed by atoms with E-state index in [1.807, 2.05) is 0 Å². The minimum absolute atomic E-state index is 0.0266. The highest BCUT2D eigenvalue weighted by Gasteiger charge is 2.55. The molecular formula is C14H20N2O5. The first-order valence-electron chi connectivity index (χ1n) is 7.28. The molecule has 3 aliphatic rings. The summed E-state index contributed by atoms with van der Waals surface area (Å²) in [6.45, 7) is 1.90. The summed E-state index contributed by atoms with van der Waals surface area (Å²) in [5.41, 5.74) is -0.873. The van der Waals surface area contributed by atoms with Gasteiger partial charge in [-0.25, -0.2) is 0 Å². The first-order valence-corrected chi connectivity index (χ1v) is 7.28. The molecule has 116 valence electrons. The zero-order valence-corrected chi connectivity index (χ0v) is 12.1. The minimum Gasteiger partial charge on any atom is -0.481 e. The van der Waals surface area contributed by atoms with Crippen molar-refractivity contribution in [1.29, 1.82) is 0 Å². The molecule has 3 rings (SSSR count). The fraction of sp³-hybridized carbons (Fsp3) is 0.786. The highest BCUT2D eigenvalue weighted by molar-refractivity contribution is 5.90. The van der Waals surface area contributed by atoms with E-state index in [0.717, 1.165) is 0 Å². The van der Waals surface area contributed by atoms with Crippen LogP contribution in [0, 0.1) is 17.3 Å². The Morgan fingerprint density at radius 3 is 2.71 bits per heavy atom. The van der Waals surface area contributed by atoms with E-state index >= 15 is 0 Å². The number of hydrogen-bond donors (Lipinski definition) is 1. The van der Waals surface area contributed by atoms with Gasteiger partial charge < -0.3 is 19.6 Å². The summed E-state index contributed by atoms with van der Waals surface area (Å²) < 4.78 is 5.38. The molecule has 0 aromatic carbocycles. The third-order valence-corrected chi connectivity index (χ3v) is 5.13. The molecule has 0 aliphatic carbocycles. The van der Waals surface area contributed by atoms with Gasteiger partial charge in [-0.1, -0.05) is 0 Å². The quantitative estimate of drug-likeness (QED) is 0.736. The number of nitrogens with zero attached hydrogens (tertiary/aromatic N) is 2. The monoisotopic (exact) mass is 296 g/mol. The van der Waals surface area contributed by atoms with Crippen LogP contribution in [0.5, 0.6) is 0 Å². The number of carboxylic acid groups (broad SMARTS) is 1. The van der Waals surface area contributed by atoms with Crippen molar-refractivity contribution in [2.75, 3.05) is 39.9 Å². The number of ether oxygens (including phenoxy) is 1. The Morgan fingerprint density at radius 1 is 1.38 bits per heavy atom. The highest BCUT2D eigenvalue weighted by atomic mass is 16.5. The molecule has 3 atom stereocenters. The number of carbonyl (C=O) groups is 3. The summed E-state index contributed by atoms with van der Waals surface area (Å²) >= 11 is 0. The average Bonchev–Trinajstić information content (AvgIpc) is 3.00. The van der Waals surface area contributed by atoms with Gasteiger partial charge in [0.1, 0.15) is 0 Å². The lowest BCUT2D eigenvalue weighted by atomic mass is 9.74. The maximum Gasteiger partial charge on any atom is 0.311 e. The first-order chi connectivity index (χ1) is 9.94. The van der Waals surface area contributed by atoms with Crippen LogP contribution < -0.4 is 0 Å². The standard InChI is InChI=1S/C14H20N2O5/c1-15-5-9(4-11(15)17)12(18)16-6-10-7-21-3-2-14(10,8-16)13(19)20/h9-10H,2-8H2,1H3,(H,19,20)/t9?,10-,14+/m0/s1. The second-order valence-electron chi connectivity index (χ2n) is 6.38. The Balaban J connectivity index is 1.75. The second-order valence-corrected chi connectivity index (χ2v) is 6.38.